The second kappa shape index (κ2) is 9.47. The van der Waals surface area contributed by atoms with E-state index in [-0.39, 0.29) is 0 Å². The Labute approximate surface area is 68.9 Å². The van der Waals surface area contributed by atoms with Crippen LogP contribution in [0.4, 0.5) is 0 Å². The summed E-state index contributed by atoms with van der Waals surface area (Å²) in [4.78, 5) is 8.95. The lowest BCUT2D eigenvalue weighted by molar-refractivity contribution is -0.126. The highest BCUT2D eigenvalue weighted by Crippen LogP contribution is 2.15. The van der Waals surface area contributed by atoms with Crippen LogP contribution in [0.3, 0.4) is 0 Å². The molecule has 0 radical (unpaired) electrons. The first kappa shape index (κ1) is 10.5. The summed E-state index contributed by atoms with van der Waals surface area (Å²) in [6, 6.07) is 0. The van der Waals surface area contributed by atoms with E-state index in [1.165, 1.54) is 52.1 Å². The van der Waals surface area contributed by atoms with Crippen LogP contribution in [0.15, 0.2) is 0 Å². The Bertz CT molecular complexity index is 62.0. The minimum absolute atomic E-state index is 0.375. The van der Waals surface area contributed by atoms with Crippen LogP contribution in [0.25, 0.3) is 0 Å². The van der Waals surface area contributed by atoms with Gasteiger partial charge in [0.2, 0.25) is 0 Å². The van der Waals surface area contributed by atoms with E-state index in [2.05, 4.69) is 4.74 Å². The van der Waals surface area contributed by atoms with Crippen LogP contribution in [0, 0.1) is 0 Å². The molecular weight excluding hydrogens is 140 g/mol. The quantitative estimate of drug-likeness (QED) is 0.433. The number of hydrogen-bond donors (Lipinski definition) is 0. The van der Waals surface area contributed by atoms with Gasteiger partial charge in [-0.3, -0.25) is 4.79 Å². The molecule has 0 aromatic rings. The average molecular weight is 158 g/mol. The van der Waals surface area contributed by atoms with E-state index in [4.69, 9.17) is 4.79 Å². The van der Waals surface area contributed by atoms with Gasteiger partial charge in [-0.05, 0) is 0 Å². The fourth-order valence-electron chi connectivity index (χ4n) is 1.24. The van der Waals surface area contributed by atoms with Crippen molar-refractivity contribution in [1.29, 1.82) is 0 Å². The molecule has 11 heavy (non-hydrogen) atoms. The highest BCUT2D eigenvalue weighted by atomic mass is 16.5. The van der Waals surface area contributed by atoms with E-state index in [1.807, 2.05) is 0 Å². The van der Waals surface area contributed by atoms with Crippen molar-refractivity contribution < 1.29 is 9.53 Å². The summed E-state index contributed by atoms with van der Waals surface area (Å²) >= 11 is 0. The largest absolute Gasteiger partial charge is 0.471 e. The molecule has 1 saturated carbocycles. The number of carbonyl (C=O) groups is 1. The van der Waals surface area contributed by atoms with Gasteiger partial charge in [-0.15, -0.1) is 0 Å². The second-order valence-electron chi connectivity index (χ2n) is 2.81. The second-order valence-corrected chi connectivity index (χ2v) is 2.81. The first-order valence-electron chi connectivity index (χ1n) is 4.38. The summed E-state index contributed by atoms with van der Waals surface area (Å²) in [5, 5.41) is 0. The van der Waals surface area contributed by atoms with Gasteiger partial charge >= 0.3 is 0 Å². The summed E-state index contributed by atoms with van der Waals surface area (Å²) in [5.74, 6) is 0. The SMILES string of the molecule is C1CCCCCC1.COC=O. The highest BCUT2D eigenvalue weighted by molar-refractivity contribution is 5.36. The zero-order valence-electron chi connectivity index (χ0n) is 7.34. The fourth-order valence-corrected chi connectivity index (χ4v) is 1.24. The molecule has 1 aliphatic rings. The standard InChI is InChI=1S/C7H14.C2H4O2/c1-2-4-6-7-5-3-1;1-4-2-3/h1-7H2;2H,1H3. The molecule has 0 N–H and O–H groups in total. The Hall–Kier alpha value is -0.530. The third kappa shape index (κ3) is 9.47. The third-order valence-electron chi connectivity index (χ3n) is 1.85. The molecule has 2 nitrogen and oxygen atoms in total. The number of ether oxygens (including phenoxy) is 1. The predicted molar refractivity (Wildman–Crippen MR) is 45.4 cm³/mol. The Balaban J connectivity index is 0.000000218. The van der Waals surface area contributed by atoms with E-state index in [9.17, 15) is 0 Å². The summed E-state index contributed by atoms with van der Waals surface area (Å²) in [5.41, 5.74) is 0. The van der Waals surface area contributed by atoms with Crippen LogP contribution in [-0.4, -0.2) is 13.6 Å². The molecule has 1 fully saturated rings. The maximum Gasteiger partial charge on any atom is 0.292 e. The van der Waals surface area contributed by atoms with Gasteiger partial charge in [0.15, 0.2) is 0 Å². The maximum atomic E-state index is 8.95. The van der Waals surface area contributed by atoms with E-state index in [0.717, 1.165) is 0 Å². The lowest BCUT2D eigenvalue weighted by Gasteiger charge is -1.85. The molecule has 0 amide bonds. The number of carbonyl (C=O) groups excluding carboxylic acids is 1. The molecule has 0 unspecified atom stereocenters. The maximum absolute atomic E-state index is 8.95. The Kier molecular flexibility index (Phi) is 9.01. The van der Waals surface area contributed by atoms with Gasteiger partial charge in [0.05, 0.1) is 7.11 Å². The zero-order valence-corrected chi connectivity index (χ0v) is 7.34. The van der Waals surface area contributed by atoms with Crippen molar-refractivity contribution in [2.75, 3.05) is 7.11 Å². The molecule has 0 aromatic carbocycles. The van der Waals surface area contributed by atoms with Crippen molar-refractivity contribution in [2.24, 2.45) is 0 Å². The van der Waals surface area contributed by atoms with E-state index >= 15 is 0 Å². The van der Waals surface area contributed by atoms with E-state index in [1.54, 1.807) is 0 Å². The third-order valence-corrected chi connectivity index (χ3v) is 1.85. The monoisotopic (exact) mass is 158 g/mol. The predicted octanol–water partition coefficient (Wildman–Crippen LogP) is 2.52. The molecule has 2 heteroatoms. The van der Waals surface area contributed by atoms with Crippen molar-refractivity contribution in [2.45, 2.75) is 44.9 Å². The molecule has 1 aliphatic carbocycles. The van der Waals surface area contributed by atoms with Gasteiger partial charge in [-0.2, -0.15) is 0 Å². The summed E-state index contributed by atoms with van der Waals surface area (Å²) < 4.78 is 3.86. The molecule has 0 saturated heterocycles. The first-order valence-corrected chi connectivity index (χ1v) is 4.38. The highest BCUT2D eigenvalue weighted by Gasteiger charge is 1.95. The van der Waals surface area contributed by atoms with Crippen molar-refractivity contribution in [3.8, 4) is 0 Å². The summed E-state index contributed by atoms with van der Waals surface area (Å²) in [6.07, 6.45) is 10.5. The van der Waals surface area contributed by atoms with Gasteiger partial charge in [-0.25, -0.2) is 0 Å². The minimum Gasteiger partial charge on any atom is -0.471 e. The average Bonchev–Trinajstić information content (AvgIpc) is 2.35. The minimum atomic E-state index is 0.375. The van der Waals surface area contributed by atoms with Gasteiger partial charge in [-0.1, -0.05) is 44.9 Å². The molecule has 0 aliphatic heterocycles. The topological polar surface area (TPSA) is 26.3 Å². The van der Waals surface area contributed by atoms with Crippen molar-refractivity contribution >= 4 is 6.47 Å². The summed E-state index contributed by atoms with van der Waals surface area (Å²) in [7, 11) is 1.31. The number of hydrogen-bond acceptors (Lipinski definition) is 2. The van der Waals surface area contributed by atoms with Crippen LogP contribution < -0.4 is 0 Å². The van der Waals surface area contributed by atoms with Gasteiger partial charge < -0.3 is 4.74 Å². The Morgan fingerprint density at radius 3 is 1.18 bits per heavy atom. The Morgan fingerprint density at radius 2 is 1.09 bits per heavy atom. The molecule has 1 rings (SSSR count). The molecular formula is C9H18O2. The lowest BCUT2D eigenvalue weighted by Crippen LogP contribution is -1.68. The van der Waals surface area contributed by atoms with Crippen LogP contribution in [0.5, 0.6) is 0 Å². The normalized spacial score (nSPS) is 17.2. The molecule has 66 valence electrons. The fraction of sp³-hybridized carbons (Fsp3) is 0.889. The van der Waals surface area contributed by atoms with Crippen molar-refractivity contribution in [3.63, 3.8) is 0 Å². The molecule has 0 heterocycles. The van der Waals surface area contributed by atoms with Crippen molar-refractivity contribution in [3.05, 3.63) is 0 Å². The van der Waals surface area contributed by atoms with E-state index < -0.39 is 0 Å². The van der Waals surface area contributed by atoms with Gasteiger partial charge in [0, 0.05) is 0 Å². The number of methoxy groups -OCH3 is 1. The van der Waals surface area contributed by atoms with Crippen molar-refractivity contribution in [1.82, 2.24) is 0 Å². The van der Waals surface area contributed by atoms with Crippen LogP contribution in [0.2, 0.25) is 0 Å². The molecule has 0 bridgehead atoms. The smallest absolute Gasteiger partial charge is 0.292 e. The van der Waals surface area contributed by atoms with Crippen LogP contribution >= 0.6 is 0 Å². The van der Waals surface area contributed by atoms with Gasteiger partial charge in [0.1, 0.15) is 0 Å². The Morgan fingerprint density at radius 1 is 0.909 bits per heavy atom. The van der Waals surface area contributed by atoms with Gasteiger partial charge in [0.25, 0.3) is 6.47 Å². The van der Waals surface area contributed by atoms with E-state index in [0.29, 0.717) is 6.47 Å². The molecule has 0 aromatic heterocycles. The van der Waals surface area contributed by atoms with Crippen LogP contribution in [0.1, 0.15) is 44.9 Å². The molecule has 0 spiro atoms. The van der Waals surface area contributed by atoms with Crippen LogP contribution in [-0.2, 0) is 9.53 Å². The lowest BCUT2D eigenvalue weighted by atomic mass is 10.2. The molecule has 0 atom stereocenters. The zero-order chi connectivity index (χ0) is 8.36. The number of rotatable bonds is 1. The first-order chi connectivity index (χ1) is 5.41. The summed E-state index contributed by atoms with van der Waals surface area (Å²) in [6.45, 7) is 0.375.